The maximum absolute atomic E-state index is 12.0. The molecule has 0 unspecified atom stereocenters. The first-order valence-corrected chi connectivity index (χ1v) is 7.60. The Morgan fingerprint density at radius 1 is 1.18 bits per heavy atom. The summed E-state index contributed by atoms with van der Waals surface area (Å²) in [6, 6.07) is 10.5. The second kappa shape index (κ2) is 7.70. The number of hydrogen-bond acceptors (Lipinski definition) is 3. The first kappa shape index (κ1) is 16.2. The van der Waals surface area contributed by atoms with E-state index >= 15 is 0 Å². The number of carbonyl (C=O) groups excluding carboxylic acids is 2. The number of urea groups is 1. The summed E-state index contributed by atoms with van der Waals surface area (Å²) in [5, 5.41) is 5.24. The first-order valence-electron chi connectivity index (χ1n) is 6.81. The van der Waals surface area contributed by atoms with E-state index in [1.54, 1.807) is 30.5 Å². The second-order valence-electron chi connectivity index (χ2n) is 4.78. The third-order valence-electron chi connectivity index (χ3n) is 2.97. The van der Waals surface area contributed by atoms with Gasteiger partial charge >= 0.3 is 6.03 Å². The highest BCUT2D eigenvalue weighted by Crippen LogP contribution is 2.12. The average Bonchev–Trinajstić information content (AvgIpc) is 2.47. The lowest BCUT2D eigenvalue weighted by atomic mass is 10.1. The molecule has 0 radical (unpaired) electrons. The monoisotopic (exact) mass is 361 g/mol. The molecule has 2 aromatic rings. The summed E-state index contributed by atoms with van der Waals surface area (Å²) >= 11 is 3.30. The van der Waals surface area contributed by atoms with Gasteiger partial charge < -0.3 is 5.32 Å². The molecule has 2 rings (SSSR count). The molecule has 0 aliphatic rings. The van der Waals surface area contributed by atoms with Crippen LogP contribution < -0.4 is 10.6 Å². The SMILES string of the molecule is Cc1ccc(C(=O)CCNC(=O)Nc2cc(Br)ccn2)cc1. The molecule has 0 spiro atoms. The van der Waals surface area contributed by atoms with Crippen molar-refractivity contribution in [2.75, 3.05) is 11.9 Å². The van der Waals surface area contributed by atoms with Crippen LogP contribution in [-0.4, -0.2) is 23.3 Å². The summed E-state index contributed by atoms with van der Waals surface area (Å²) in [6.07, 6.45) is 1.84. The molecule has 0 atom stereocenters. The minimum Gasteiger partial charge on any atom is -0.337 e. The summed E-state index contributed by atoms with van der Waals surface area (Å²) in [6.45, 7) is 2.24. The number of pyridine rings is 1. The zero-order valence-corrected chi connectivity index (χ0v) is 13.7. The van der Waals surface area contributed by atoms with Crippen LogP contribution in [0.5, 0.6) is 0 Å². The van der Waals surface area contributed by atoms with Crippen LogP contribution in [0.2, 0.25) is 0 Å². The van der Waals surface area contributed by atoms with Crippen LogP contribution in [0, 0.1) is 6.92 Å². The molecule has 6 heteroatoms. The highest BCUT2D eigenvalue weighted by molar-refractivity contribution is 9.10. The van der Waals surface area contributed by atoms with Crippen LogP contribution in [0.1, 0.15) is 22.3 Å². The number of nitrogens with zero attached hydrogens (tertiary/aromatic N) is 1. The zero-order chi connectivity index (χ0) is 15.9. The van der Waals surface area contributed by atoms with Crippen LogP contribution in [0.4, 0.5) is 10.6 Å². The largest absolute Gasteiger partial charge is 0.337 e. The van der Waals surface area contributed by atoms with Crippen molar-refractivity contribution >= 4 is 33.6 Å². The van der Waals surface area contributed by atoms with E-state index in [-0.39, 0.29) is 24.8 Å². The fraction of sp³-hybridized carbons (Fsp3) is 0.188. The molecule has 0 bridgehead atoms. The molecule has 22 heavy (non-hydrogen) atoms. The fourth-order valence-electron chi connectivity index (χ4n) is 1.81. The Labute approximate surface area is 137 Å². The van der Waals surface area contributed by atoms with E-state index in [4.69, 9.17) is 0 Å². The van der Waals surface area contributed by atoms with Gasteiger partial charge in [0.25, 0.3) is 0 Å². The fourth-order valence-corrected chi connectivity index (χ4v) is 2.14. The highest BCUT2D eigenvalue weighted by atomic mass is 79.9. The Morgan fingerprint density at radius 2 is 1.91 bits per heavy atom. The van der Waals surface area contributed by atoms with Gasteiger partial charge in [-0.3, -0.25) is 10.1 Å². The molecule has 0 saturated heterocycles. The molecular formula is C16H16BrN3O2. The summed E-state index contributed by atoms with van der Waals surface area (Å²) < 4.78 is 0.826. The molecule has 1 heterocycles. The number of nitrogens with one attached hydrogen (secondary N) is 2. The van der Waals surface area contributed by atoms with Crippen LogP contribution in [0.15, 0.2) is 47.1 Å². The number of rotatable bonds is 5. The Hall–Kier alpha value is -2.21. The Balaban J connectivity index is 1.77. The summed E-state index contributed by atoms with van der Waals surface area (Å²) in [4.78, 5) is 27.7. The number of aromatic nitrogens is 1. The predicted molar refractivity (Wildman–Crippen MR) is 89.1 cm³/mol. The van der Waals surface area contributed by atoms with Gasteiger partial charge in [0.05, 0.1) is 0 Å². The highest BCUT2D eigenvalue weighted by Gasteiger charge is 2.07. The molecule has 0 fully saturated rings. The van der Waals surface area contributed by atoms with Gasteiger partial charge in [-0.05, 0) is 19.1 Å². The van der Waals surface area contributed by atoms with Gasteiger partial charge in [0.2, 0.25) is 0 Å². The minimum absolute atomic E-state index is 0.000815. The van der Waals surface area contributed by atoms with Crippen molar-refractivity contribution < 1.29 is 9.59 Å². The second-order valence-corrected chi connectivity index (χ2v) is 5.70. The number of carbonyl (C=O) groups is 2. The van der Waals surface area contributed by atoms with Gasteiger partial charge in [-0.25, -0.2) is 9.78 Å². The van der Waals surface area contributed by atoms with Crippen molar-refractivity contribution in [3.63, 3.8) is 0 Å². The standard InChI is InChI=1S/C16H16BrN3O2/c1-11-2-4-12(5-3-11)14(21)7-9-19-16(22)20-15-10-13(17)6-8-18-15/h2-6,8,10H,7,9H2,1H3,(H2,18,19,20,22). The van der Waals surface area contributed by atoms with Crippen molar-refractivity contribution in [1.29, 1.82) is 0 Å². The molecule has 2 amide bonds. The van der Waals surface area contributed by atoms with E-state index in [0.717, 1.165) is 10.0 Å². The smallest absolute Gasteiger partial charge is 0.320 e. The van der Waals surface area contributed by atoms with E-state index in [0.29, 0.717) is 11.4 Å². The van der Waals surface area contributed by atoms with Crippen molar-refractivity contribution in [2.45, 2.75) is 13.3 Å². The summed E-state index contributed by atoms with van der Waals surface area (Å²) in [5.41, 5.74) is 1.76. The lowest BCUT2D eigenvalue weighted by Gasteiger charge is -2.07. The molecule has 1 aromatic carbocycles. The molecular weight excluding hydrogens is 346 g/mol. The Kier molecular flexibility index (Phi) is 5.66. The van der Waals surface area contributed by atoms with Crippen LogP contribution >= 0.6 is 15.9 Å². The van der Waals surface area contributed by atoms with Crippen molar-refractivity contribution in [2.24, 2.45) is 0 Å². The number of benzene rings is 1. The number of hydrogen-bond donors (Lipinski definition) is 2. The van der Waals surface area contributed by atoms with Gasteiger partial charge in [-0.2, -0.15) is 0 Å². The zero-order valence-electron chi connectivity index (χ0n) is 12.1. The average molecular weight is 362 g/mol. The number of aryl methyl sites for hydroxylation is 1. The molecule has 5 nitrogen and oxygen atoms in total. The maximum Gasteiger partial charge on any atom is 0.320 e. The number of Topliss-reactive ketones (excluding diaryl/α,β-unsaturated/α-hetero) is 1. The molecule has 0 aliphatic carbocycles. The van der Waals surface area contributed by atoms with Gasteiger partial charge in [0.15, 0.2) is 5.78 Å². The Bertz CT molecular complexity index is 671. The minimum atomic E-state index is -0.387. The van der Waals surface area contributed by atoms with Crippen LogP contribution in [-0.2, 0) is 0 Å². The van der Waals surface area contributed by atoms with E-state index in [1.165, 1.54) is 0 Å². The van der Waals surface area contributed by atoms with E-state index in [2.05, 4.69) is 31.5 Å². The number of halogens is 1. The summed E-state index contributed by atoms with van der Waals surface area (Å²) in [5.74, 6) is 0.442. The normalized spacial score (nSPS) is 10.1. The van der Waals surface area contributed by atoms with Crippen molar-refractivity contribution in [1.82, 2.24) is 10.3 Å². The quantitative estimate of drug-likeness (QED) is 0.800. The number of amides is 2. The number of anilines is 1. The number of ketones is 1. The van der Waals surface area contributed by atoms with Crippen LogP contribution in [0.3, 0.4) is 0 Å². The van der Waals surface area contributed by atoms with Gasteiger partial charge in [-0.15, -0.1) is 0 Å². The molecule has 2 N–H and O–H groups in total. The summed E-state index contributed by atoms with van der Waals surface area (Å²) in [7, 11) is 0. The molecule has 0 saturated carbocycles. The van der Waals surface area contributed by atoms with E-state index in [1.807, 2.05) is 19.1 Å². The Morgan fingerprint density at radius 3 is 2.59 bits per heavy atom. The predicted octanol–water partition coefficient (Wildman–Crippen LogP) is 3.55. The van der Waals surface area contributed by atoms with Gasteiger partial charge in [0.1, 0.15) is 5.82 Å². The van der Waals surface area contributed by atoms with Crippen LogP contribution in [0.25, 0.3) is 0 Å². The van der Waals surface area contributed by atoms with Gasteiger partial charge in [0, 0.05) is 29.2 Å². The van der Waals surface area contributed by atoms with Crippen molar-refractivity contribution in [3.05, 3.63) is 58.2 Å². The molecule has 114 valence electrons. The third kappa shape index (κ3) is 4.96. The molecule has 1 aromatic heterocycles. The lowest BCUT2D eigenvalue weighted by Crippen LogP contribution is -2.30. The third-order valence-corrected chi connectivity index (χ3v) is 3.47. The lowest BCUT2D eigenvalue weighted by molar-refractivity contribution is 0.0984. The van der Waals surface area contributed by atoms with Gasteiger partial charge in [-0.1, -0.05) is 45.8 Å². The maximum atomic E-state index is 12.0. The molecule has 0 aliphatic heterocycles. The first-order chi connectivity index (χ1) is 10.5. The van der Waals surface area contributed by atoms with E-state index < -0.39 is 0 Å². The topological polar surface area (TPSA) is 71.1 Å². The van der Waals surface area contributed by atoms with E-state index in [9.17, 15) is 9.59 Å². The van der Waals surface area contributed by atoms with Crippen molar-refractivity contribution in [3.8, 4) is 0 Å².